The van der Waals surface area contributed by atoms with Gasteiger partial charge in [0.15, 0.2) is 0 Å². The highest BCUT2D eigenvalue weighted by Crippen LogP contribution is 2.25. The summed E-state index contributed by atoms with van der Waals surface area (Å²) in [5.41, 5.74) is 4.91. The van der Waals surface area contributed by atoms with Crippen LogP contribution in [0, 0.1) is 13.8 Å². The van der Waals surface area contributed by atoms with E-state index < -0.39 is 6.04 Å². The number of rotatable bonds is 10. The normalized spacial score (nSPS) is 11.7. The molecule has 0 aliphatic carbocycles. The van der Waals surface area contributed by atoms with Crippen molar-refractivity contribution in [3.05, 3.63) is 105 Å². The van der Waals surface area contributed by atoms with Crippen molar-refractivity contribution in [3.63, 3.8) is 0 Å². The SMILES string of the molecule is CCCNC(=O)[C@H](Cc1ccccc1)N(Cc1ccc(Cl)c(Cl)c1)C(=O)Cc1cc(C)ccc1C. The number of benzene rings is 3. The average molecular weight is 511 g/mol. The van der Waals surface area contributed by atoms with Crippen molar-refractivity contribution >= 4 is 35.0 Å². The molecular formula is C29H32Cl2N2O2. The number of nitrogens with zero attached hydrogens (tertiary/aromatic N) is 1. The van der Waals surface area contributed by atoms with Crippen LogP contribution in [-0.2, 0) is 29.0 Å². The van der Waals surface area contributed by atoms with Crippen molar-refractivity contribution in [1.82, 2.24) is 10.2 Å². The topological polar surface area (TPSA) is 49.4 Å². The molecule has 1 N–H and O–H groups in total. The summed E-state index contributed by atoms with van der Waals surface area (Å²) in [4.78, 5) is 28.9. The van der Waals surface area contributed by atoms with E-state index in [1.54, 1.807) is 17.0 Å². The van der Waals surface area contributed by atoms with Gasteiger partial charge in [-0.15, -0.1) is 0 Å². The minimum Gasteiger partial charge on any atom is -0.354 e. The standard InChI is InChI=1S/C29H32Cl2N2O2/c1-4-14-32-29(35)27(17-22-8-6-5-7-9-22)33(19-23-12-13-25(30)26(31)16-23)28(34)18-24-15-20(2)10-11-21(24)3/h5-13,15-16,27H,4,14,17-19H2,1-3H3,(H,32,35)/t27-/m0/s1. The number of aryl methyl sites for hydroxylation is 2. The van der Waals surface area contributed by atoms with Gasteiger partial charge in [-0.25, -0.2) is 0 Å². The van der Waals surface area contributed by atoms with Gasteiger partial charge in [-0.3, -0.25) is 9.59 Å². The summed E-state index contributed by atoms with van der Waals surface area (Å²) in [7, 11) is 0. The molecule has 6 heteroatoms. The molecule has 3 rings (SSSR count). The summed E-state index contributed by atoms with van der Waals surface area (Å²) >= 11 is 12.4. The van der Waals surface area contributed by atoms with E-state index in [4.69, 9.17) is 23.2 Å². The minimum absolute atomic E-state index is 0.114. The Bertz CT molecular complexity index is 1160. The molecule has 3 aromatic rings. The summed E-state index contributed by atoms with van der Waals surface area (Å²) < 4.78 is 0. The maximum Gasteiger partial charge on any atom is 0.243 e. The van der Waals surface area contributed by atoms with Gasteiger partial charge in [-0.1, -0.05) is 90.3 Å². The molecule has 0 spiro atoms. The predicted molar refractivity (Wildman–Crippen MR) is 144 cm³/mol. The Morgan fingerprint density at radius 1 is 0.914 bits per heavy atom. The zero-order chi connectivity index (χ0) is 25.4. The molecule has 0 bridgehead atoms. The van der Waals surface area contributed by atoms with Gasteiger partial charge < -0.3 is 10.2 Å². The van der Waals surface area contributed by atoms with Crippen molar-refractivity contribution in [3.8, 4) is 0 Å². The van der Waals surface area contributed by atoms with E-state index in [0.29, 0.717) is 23.0 Å². The van der Waals surface area contributed by atoms with Gasteiger partial charge in [0.1, 0.15) is 6.04 Å². The number of hydrogen-bond donors (Lipinski definition) is 1. The third kappa shape index (κ3) is 7.58. The van der Waals surface area contributed by atoms with E-state index in [2.05, 4.69) is 5.32 Å². The highest BCUT2D eigenvalue weighted by Gasteiger charge is 2.30. The fourth-order valence-corrected chi connectivity index (χ4v) is 4.33. The van der Waals surface area contributed by atoms with Gasteiger partial charge in [0.25, 0.3) is 0 Å². The second-order valence-electron chi connectivity index (χ2n) is 8.87. The van der Waals surface area contributed by atoms with Crippen LogP contribution in [0.1, 0.15) is 41.2 Å². The second-order valence-corrected chi connectivity index (χ2v) is 9.69. The molecule has 0 aliphatic heterocycles. The molecule has 35 heavy (non-hydrogen) atoms. The largest absolute Gasteiger partial charge is 0.354 e. The van der Waals surface area contributed by atoms with Crippen LogP contribution >= 0.6 is 23.2 Å². The Kier molecular flexibility index (Phi) is 9.76. The number of amides is 2. The highest BCUT2D eigenvalue weighted by molar-refractivity contribution is 6.42. The van der Waals surface area contributed by atoms with E-state index >= 15 is 0 Å². The molecule has 0 saturated carbocycles. The van der Waals surface area contributed by atoms with E-state index in [-0.39, 0.29) is 24.8 Å². The highest BCUT2D eigenvalue weighted by atomic mass is 35.5. The number of carbonyl (C=O) groups excluding carboxylic acids is 2. The van der Waals surface area contributed by atoms with Crippen LogP contribution in [0.4, 0.5) is 0 Å². The summed E-state index contributed by atoms with van der Waals surface area (Å²) in [5.74, 6) is -0.276. The van der Waals surface area contributed by atoms with Crippen LogP contribution in [0.5, 0.6) is 0 Å². The Balaban J connectivity index is 2.00. The first-order chi connectivity index (χ1) is 16.8. The number of halogens is 2. The first-order valence-electron chi connectivity index (χ1n) is 11.9. The quantitative estimate of drug-likeness (QED) is 0.346. The summed E-state index contributed by atoms with van der Waals surface area (Å²) in [6.45, 7) is 6.82. The van der Waals surface area contributed by atoms with Crippen LogP contribution in [-0.4, -0.2) is 29.3 Å². The average Bonchev–Trinajstić information content (AvgIpc) is 2.84. The van der Waals surface area contributed by atoms with Gasteiger partial charge >= 0.3 is 0 Å². The lowest BCUT2D eigenvalue weighted by molar-refractivity contribution is -0.140. The lowest BCUT2D eigenvalue weighted by atomic mass is 9.99. The Hall–Kier alpha value is -2.82. The van der Waals surface area contributed by atoms with Gasteiger partial charge in [0, 0.05) is 19.5 Å². The van der Waals surface area contributed by atoms with Crippen molar-refractivity contribution in [2.24, 2.45) is 0 Å². The summed E-state index contributed by atoms with van der Waals surface area (Å²) in [5, 5.41) is 3.87. The van der Waals surface area contributed by atoms with E-state index in [9.17, 15) is 9.59 Å². The number of nitrogens with one attached hydrogen (secondary N) is 1. The second kappa shape index (κ2) is 12.8. The van der Waals surface area contributed by atoms with Crippen molar-refractivity contribution in [2.45, 2.75) is 52.6 Å². The molecule has 2 amide bonds. The Morgan fingerprint density at radius 3 is 2.34 bits per heavy atom. The molecule has 0 radical (unpaired) electrons. The van der Waals surface area contributed by atoms with E-state index in [0.717, 1.165) is 34.2 Å². The Labute approximate surface area is 218 Å². The zero-order valence-electron chi connectivity index (χ0n) is 20.5. The number of carbonyl (C=O) groups is 2. The molecule has 0 aliphatic rings. The maximum atomic E-state index is 13.8. The van der Waals surface area contributed by atoms with Crippen molar-refractivity contribution in [2.75, 3.05) is 6.54 Å². The predicted octanol–water partition coefficient (Wildman–Crippen LogP) is 6.32. The molecule has 0 unspecified atom stereocenters. The van der Waals surface area contributed by atoms with Crippen LogP contribution in [0.25, 0.3) is 0 Å². The fraction of sp³-hybridized carbons (Fsp3) is 0.310. The first-order valence-corrected chi connectivity index (χ1v) is 12.6. The molecule has 184 valence electrons. The monoisotopic (exact) mass is 510 g/mol. The third-order valence-electron chi connectivity index (χ3n) is 6.00. The Morgan fingerprint density at radius 2 is 1.66 bits per heavy atom. The number of hydrogen-bond acceptors (Lipinski definition) is 2. The van der Waals surface area contributed by atoms with Crippen LogP contribution in [0.2, 0.25) is 10.0 Å². The first kappa shape index (κ1) is 26.8. The molecule has 1 atom stereocenters. The van der Waals surface area contributed by atoms with Gasteiger partial charge in [0.05, 0.1) is 16.5 Å². The lowest BCUT2D eigenvalue weighted by Gasteiger charge is -2.32. The minimum atomic E-state index is -0.670. The molecule has 0 aromatic heterocycles. The van der Waals surface area contributed by atoms with Crippen LogP contribution in [0.15, 0.2) is 66.7 Å². The van der Waals surface area contributed by atoms with Gasteiger partial charge in [0.2, 0.25) is 11.8 Å². The lowest BCUT2D eigenvalue weighted by Crippen LogP contribution is -2.51. The summed E-state index contributed by atoms with van der Waals surface area (Å²) in [6.07, 6.45) is 1.43. The fourth-order valence-electron chi connectivity index (χ4n) is 4.01. The molecule has 3 aromatic carbocycles. The van der Waals surface area contributed by atoms with Crippen molar-refractivity contribution < 1.29 is 9.59 Å². The van der Waals surface area contributed by atoms with Crippen LogP contribution in [0.3, 0.4) is 0 Å². The van der Waals surface area contributed by atoms with Crippen LogP contribution < -0.4 is 5.32 Å². The zero-order valence-corrected chi connectivity index (χ0v) is 22.0. The van der Waals surface area contributed by atoms with Crippen molar-refractivity contribution in [1.29, 1.82) is 0 Å². The third-order valence-corrected chi connectivity index (χ3v) is 6.74. The van der Waals surface area contributed by atoms with Gasteiger partial charge in [-0.2, -0.15) is 0 Å². The molecule has 0 saturated heterocycles. The van der Waals surface area contributed by atoms with E-state index in [1.807, 2.05) is 75.4 Å². The van der Waals surface area contributed by atoms with Gasteiger partial charge in [-0.05, 0) is 54.7 Å². The molecule has 4 nitrogen and oxygen atoms in total. The molecule has 0 fully saturated rings. The summed E-state index contributed by atoms with van der Waals surface area (Å²) in [6, 6.07) is 20.5. The molecular weight excluding hydrogens is 479 g/mol. The van der Waals surface area contributed by atoms with E-state index in [1.165, 1.54) is 0 Å². The smallest absolute Gasteiger partial charge is 0.243 e. The molecule has 0 heterocycles. The maximum absolute atomic E-state index is 13.8.